The van der Waals surface area contributed by atoms with Gasteiger partial charge in [-0.2, -0.15) is 0 Å². The molecule has 0 spiro atoms. The summed E-state index contributed by atoms with van der Waals surface area (Å²) in [6.45, 7) is 3.73. The normalized spacial score (nSPS) is 24.1. The minimum absolute atomic E-state index is 0.261. The Morgan fingerprint density at radius 2 is 2.41 bits per heavy atom. The summed E-state index contributed by atoms with van der Waals surface area (Å²) in [5.74, 6) is 1.15. The summed E-state index contributed by atoms with van der Waals surface area (Å²) >= 11 is 0. The number of nitrogens with one attached hydrogen (secondary N) is 1. The Morgan fingerprint density at radius 1 is 1.59 bits per heavy atom. The molecule has 4 nitrogen and oxygen atoms in total. The Morgan fingerprint density at radius 3 is 3.06 bits per heavy atom. The number of hydrogen-bond acceptors (Lipinski definition) is 3. The largest absolute Gasteiger partial charge is 0.478 e. The summed E-state index contributed by atoms with van der Waals surface area (Å²) in [6, 6.07) is 1.50. The number of carbonyl (C=O) groups is 1. The van der Waals surface area contributed by atoms with Crippen molar-refractivity contribution < 1.29 is 14.3 Å². The lowest BCUT2D eigenvalue weighted by atomic mass is 10.1. The van der Waals surface area contributed by atoms with Crippen LogP contribution in [0.25, 0.3) is 0 Å². The van der Waals surface area contributed by atoms with Crippen LogP contribution in [0, 0.1) is 11.8 Å². The van der Waals surface area contributed by atoms with Gasteiger partial charge in [0.25, 0.3) is 0 Å². The molecule has 1 aliphatic carbocycles. The van der Waals surface area contributed by atoms with Crippen molar-refractivity contribution in [1.82, 2.24) is 5.32 Å². The molecule has 0 saturated heterocycles. The van der Waals surface area contributed by atoms with Gasteiger partial charge in [-0.1, -0.05) is 13.3 Å². The summed E-state index contributed by atoms with van der Waals surface area (Å²) in [7, 11) is 0. The highest BCUT2D eigenvalue weighted by Gasteiger charge is 2.21. The average Bonchev–Trinajstić information content (AvgIpc) is 2.87. The zero-order valence-corrected chi connectivity index (χ0v) is 10.1. The van der Waals surface area contributed by atoms with Gasteiger partial charge < -0.3 is 14.8 Å². The van der Waals surface area contributed by atoms with Gasteiger partial charge in [-0.05, 0) is 37.3 Å². The molecule has 0 aromatic carbocycles. The van der Waals surface area contributed by atoms with Crippen LogP contribution in [0.15, 0.2) is 16.7 Å². The Bertz CT molecular complexity index is 386. The number of carboxylic acids is 1. The first kappa shape index (κ1) is 12.2. The molecule has 1 fully saturated rings. The lowest BCUT2D eigenvalue weighted by molar-refractivity contribution is 0.0694. The number of hydrogen-bond donors (Lipinski definition) is 2. The third kappa shape index (κ3) is 3.09. The van der Waals surface area contributed by atoms with E-state index < -0.39 is 5.97 Å². The SMILES string of the molecule is CC1CCC(CNCc2occc2C(=O)O)C1. The zero-order chi connectivity index (χ0) is 12.3. The Labute approximate surface area is 101 Å². The molecule has 1 heterocycles. The summed E-state index contributed by atoms with van der Waals surface area (Å²) in [4.78, 5) is 10.9. The van der Waals surface area contributed by atoms with Gasteiger partial charge in [0.15, 0.2) is 0 Å². The minimum Gasteiger partial charge on any atom is -0.478 e. The van der Waals surface area contributed by atoms with Gasteiger partial charge in [0, 0.05) is 0 Å². The van der Waals surface area contributed by atoms with Crippen LogP contribution in [0.1, 0.15) is 42.3 Å². The van der Waals surface area contributed by atoms with Crippen molar-refractivity contribution in [3.05, 3.63) is 23.7 Å². The molecule has 1 saturated carbocycles. The van der Waals surface area contributed by atoms with Gasteiger partial charge in [0.05, 0.1) is 12.8 Å². The van der Waals surface area contributed by atoms with Gasteiger partial charge in [-0.15, -0.1) is 0 Å². The maximum atomic E-state index is 10.9. The van der Waals surface area contributed by atoms with E-state index in [1.165, 1.54) is 31.6 Å². The first-order valence-electron chi connectivity index (χ1n) is 6.17. The molecule has 0 amide bonds. The lowest BCUT2D eigenvalue weighted by Gasteiger charge is -2.10. The standard InChI is InChI=1S/C13H19NO3/c1-9-2-3-10(6-9)7-14-8-12-11(13(15)16)4-5-17-12/h4-5,9-10,14H,2-3,6-8H2,1H3,(H,15,16). The van der Waals surface area contributed by atoms with Gasteiger partial charge in [-0.25, -0.2) is 4.79 Å². The highest BCUT2D eigenvalue weighted by Crippen LogP contribution is 2.29. The molecule has 1 aromatic heterocycles. The molecule has 0 aliphatic heterocycles. The summed E-state index contributed by atoms with van der Waals surface area (Å²) in [5.41, 5.74) is 0.261. The number of rotatable bonds is 5. The predicted octanol–water partition coefficient (Wildman–Crippen LogP) is 2.50. The Balaban J connectivity index is 1.78. The molecule has 1 aliphatic rings. The second-order valence-electron chi connectivity index (χ2n) is 4.98. The van der Waals surface area contributed by atoms with Crippen molar-refractivity contribution >= 4 is 5.97 Å². The van der Waals surface area contributed by atoms with E-state index in [2.05, 4.69) is 12.2 Å². The highest BCUT2D eigenvalue weighted by atomic mass is 16.4. The van der Waals surface area contributed by atoms with Gasteiger partial charge in [0.1, 0.15) is 11.3 Å². The summed E-state index contributed by atoms with van der Waals surface area (Å²) in [5, 5.41) is 12.2. The fraction of sp³-hybridized carbons (Fsp3) is 0.615. The molecule has 1 aromatic rings. The van der Waals surface area contributed by atoms with Gasteiger partial charge in [-0.3, -0.25) is 0 Å². The third-order valence-electron chi connectivity index (χ3n) is 3.50. The minimum atomic E-state index is -0.926. The lowest BCUT2D eigenvalue weighted by Crippen LogP contribution is -2.21. The van der Waals surface area contributed by atoms with Crippen molar-refractivity contribution in [1.29, 1.82) is 0 Å². The zero-order valence-electron chi connectivity index (χ0n) is 10.1. The van der Waals surface area contributed by atoms with E-state index in [4.69, 9.17) is 9.52 Å². The van der Waals surface area contributed by atoms with E-state index in [9.17, 15) is 4.79 Å². The maximum absolute atomic E-state index is 10.9. The monoisotopic (exact) mass is 237 g/mol. The predicted molar refractivity (Wildman–Crippen MR) is 63.9 cm³/mol. The highest BCUT2D eigenvalue weighted by molar-refractivity contribution is 5.88. The van der Waals surface area contributed by atoms with Crippen LogP contribution in [0.3, 0.4) is 0 Å². The van der Waals surface area contributed by atoms with Crippen LogP contribution in [-0.2, 0) is 6.54 Å². The van der Waals surface area contributed by atoms with Gasteiger partial charge >= 0.3 is 5.97 Å². The smallest absolute Gasteiger partial charge is 0.339 e. The number of aromatic carboxylic acids is 1. The van der Waals surface area contributed by atoms with Crippen molar-refractivity contribution in [2.24, 2.45) is 11.8 Å². The van der Waals surface area contributed by atoms with E-state index >= 15 is 0 Å². The molecule has 2 rings (SSSR count). The van der Waals surface area contributed by atoms with Gasteiger partial charge in [0.2, 0.25) is 0 Å². The summed E-state index contributed by atoms with van der Waals surface area (Å²) < 4.78 is 5.17. The molecule has 2 unspecified atom stereocenters. The quantitative estimate of drug-likeness (QED) is 0.826. The van der Waals surface area contributed by atoms with Crippen molar-refractivity contribution in [3.8, 4) is 0 Å². The molecule has 2 atom stereocenters. The van der Waals surface area contributed by atoms with Crippen LogP contribution in [0.4, 0.5) is 0 Å². The van der Waals surface area contributed by atoms with Crippen molar-refractivity contribution in [2.75, 3.05) is 6.54 Å². The molecule has 0 radical (unpaired) electrons. The van der Waals surface area contributed by atoms with E-state index in [0.717, 1.165) is 18.4 Å². The van der Waals surface area contributed by atoms with E-state index in [-0.39, 0.29) is 5.56 Å². The molecule has 4 heteroatoms. The average molecular weight is 237 g/mol. The van der Waals surface area contributed by atoms with Crippen LogP contribution in [0.2, 0.25) is 0 Å². The second-order valence-corrected chi connectivity index (χ2v) is 4.98. The molecule has 17 heavy (non-hydrogen) atoms. The molecular weight excluding hydrogens is 218 g/mol. The van der Waals surface area contributed by atoms with Crippen LogP contribution >= 0.6 is 0 Å². The maximum Gasteiger partial charge on any atom is 0.339 e. The second kappa shape index (κ2) is 5.36. The van der Waals surface area contributed by atoms with Crippen LogP contribution < -0.4 is 5.32 Å². The number of carboxylic acid groups (broad SMARTS) is 1. The fourth-order valence-corrected chi connectivity index (χ4v) is 2.57. The van der Waals surface area contributed by atoms with Crippen molar-refractivity contribution in [2.45, 2.75) is 32.7 Å². The Kier molecular flexibility index (Phi) is 3.84. The molecule has 2 N–H and O–H groups in total. The van der Waals surface area contributed by atoms with Crippen molar-refractivity contribution in [3.63, 3.8) is 0 Å². The fourth-order valence-electron chi connectivity index (χ4n) is 2.57. The van der Waals surface area contributed by atoms with E-state index in [1.807, 2.05) is 0 Å². The van der Waals surface area contributed by atoms with E-state index in [0.29, 0.717) is 12.3 Å². The third-order valence-corrected chi connectivity index (χ3v) is 3.50. The number of furan rings is 1. The van der Waals surface area contributed by atoms with Crippen LogP contribution in [0.5, 0.6) is 0 Å². The molecule has 94 valence electrons. The molecule has 0 bridgehead atoms. The molecular formula is C13H19NO3. The first-order chi connectivity index (χ1) is 8.16. The summed E-state index contributed by atoms with van der Waals surface area (Å²) in [6.07, 6.45) is 5.29. The first-order valence-corrected chi connectivity index (χ1v) is 6.17. The van der Waals surface area contributed by atoms with E-state index in [1.54, 1.807) is 0 Å². The Hall–Kier alpha value is -1.29. The van der Waals surface area contributed by atoms with Crippen LogP contribution in [-0.4, -0.2) is 17.6 Å². The topological polar surface area (TPSA) is 62.5 Å².